The van der Waals surface area contributed by atoms with Gasteiger partial charge in [-0.25, -0.2) is 0 Å². The van der Waals surface area contributed by atoms with Crippen LogP contribution in [0.4, 0.5) is 5.69 Å². The Morgan fingerprint density at radius 2 is 2.19 bits per heavy atom. The molecule has 1 fully saturated rings. The number of methoxy groups -OCH3 is 1. The zero-order valence-corrected chi connectivity index (χ0v) is 9.34. The maximum Gasteiger partial charge on any atom is 0.271 e. The van der Waals surface area contributed by atoms with Crippen molar-refractivity contribution < 1.29 is 4.74 Å². The molecule has 16 heavy (non-hydrogen) atoms. The van der Waals surface area contributed by atoms with Gasteiger partial charge in [0.05, 0.1) is 7.11 Å². The fraction of sp³-hybridized carbons (Fsp3) is 0.636. The number of hydrogen-bond acceptors (Lipinski definition) is 5. The summed E-state index contributed by atoms with van der Waals surface area (Å²) in [7, 11) is 1.40. The lowest BCUT2D eigenvalue weighted by molar-refractivity contribution is 0.401. The summed E-state index contributed by atoms with van der Waals surface area (Å²) in [6.45, 7) is 1.69. The molecule has 0 unspecified atom stereocenters. The molecule has 0 radical (unpaired) electrons. The Morgan fingerprint density at radius 3 is 2.81 bits per heavy atom. The quantitative estimate of drug-likeness (QED) is 0.696. The Labute approximate surface area is 93.5 Å². The standard InChI is InChI=1S/C11H16N2O3/c1-16-11-8(9(14)10(11)15)13-6-7-4-2-3-5-12-7/h7,12-13H,2-6H2,1H3/t7-/m0/s1. The summed E-state index contributed by atoms with van der Waals surface area (Å²) in [5.41, 5.74) is -0.658. The van der Waals surface area contributed by atoms with Crippen LogP contribution >= 0.6 is 0 Å². The van der Waals surface area contributed by atoms with Gasteiger partial charge in [0.2, 0.25) is 0 Å². The molecular formula is C11H16N2O3. The number of anilines is 1. The second kappa shape index (κ2) is 4.65. The normalized spacial score (nSPS) is 20.9. The third-order valence-corrected chi connectivity index (χ3v) is 3.01. The number of nitrogens with one attached hydrogen (secondary N) is 2. The Kier molecular flexibility index (Phi) is 3.24. The molecule has 1 saturated heterocycles. The van der Waals surface area contributed by atoms with Gasteiger partial charge in [-0.2, -0.15) is 0 Å². The van der Waals surface area contributed by atoms with E-state index in [-0.39, 0.29) is 5.75 Å². The van der Waals surface area contributed by atoms with Crippen molar-refractivity contribution in [2.75, 3.05) is 25.5 Å². The molecular weight excluding hydrogens is 208 g/mol. The predicted octanol–water partition coefficient (Wildman–Crippen LogP) is -0.155. The highest BCUT2D eigenvalue weighted by Crippen LogP contribution is 2.17. The van der Waals surface area contributed by atoms with Gasteiger partial charge in [-0.3, -0.25) is 9.59 Å². The number of ether oxygens (including phenoxy) is 1. The van der Waals surface area contributed by atoms with Crippen LogP contribution in [0.3, 0.4) is 0 Å². The van der Waals surface area contributed by atoms with E-state index < -0.39 is 10.9 Å². The van der Waals surface area contributed by atoms with Gasteiger partial charge in [-0.15, -0.1) is 0 Å². The lowest BCUT2D eigenvalue weighted by Crippen LogP contribution is -2.42. The van der Waals surface area contributed by atoms with Crippen molar-refractivity contribution in [2.45, 2.75) is 25.3 Å². The summed E-state index contributed by atoms with van der Waals surface area (Å²) in [6, 6.07) is 0.378. The minimum atomic E-state index is -0.526. The van der Waals surface area contributed by atoms with Crippen LogP contribution in [0.5, 0.6) is 5.75 Å². The van der Waals surface area contributed by atoms with Crippen LogP contribution in [0.25, 0.3) is 0 Å². The molecule has 2 rings (SSSR count). The van der Waals surface area contributed by atoms with Crippen molar-refractivity contribution in [1.82, 2.24) is 5.32 Å². The maximum absolute atomic E-state index is 11.2. The van der Waals surface area contributed by atoms with Crippen LogP contribution in [0.15, 0.2) is 9.59 Å². The van der Waals surface area contributed by atoms with Crippen molar-refractivity contribution in [1.29, 1.82) is 0 Å². The topological polar surface area (TPSA) is 67.4 Å². The summed E-state index contributed by atoms with van der Waals surface area (Å²) in [4.78, 5) is 22.3. The molecule has 1 aliphatic rings. The third kappa shape index (κ3) is 1.95. The molecule has 0 aliphatic carbocycles. The van der Waals surface area contributed by atoms with E-state index in [9.17, 15) is 9.59 Å². The fourth-order valence-corrected chi connectivity index (χ4v) is 2.05. The smallest absolute Gasteiger partial charge is 0.271 e. The van der Waals surface area contributed by atoms with Gasteiger partial charge >= 0.3 is 0 Å². The van der Waals surface area contributed by atoms with E-state index in [4.69, 9.17) is 4.74 Å². The molecule has 2 N–H and O–H groups in total. The summed E-state index contributed by atoms with van der Waals surface area (Å²) in [5.74, 6) is 0.167. The monoisotopic (exact) mass is 224 g/mol. The molecule has 0 spiro atoms. The average Bonchev–Trinajstić information content (AvgIpc) is 2.34. The second-order valence-corrected chi connectivity index (χ2v) is 4.09. The molecule has 88 valence electrons. The van der Waals surface area contributed by atoms with E-state index in [1.807, 2.05) is 0 Å². The second-order valence-electron chi connectivity index (χ2n) is 4.09. The van der Waals surface area contributed by atoms with Gasteiger partial charge in [0, 0.05) is 12.6 Å². The van der Waals surface area contributed by atoms with Gasteiger partial charge < -0.3 is 15.4 Å². The molecule has 5 heteroatoms. The van der Waals surface area contributed by atoms with Gasteiger partial charge in [0.1, 0.15) is 5.69 Å². The molecule has 5 nitrogen and oxygen atoms in total. The minimum absolute atomic E-state index is 0.167. The van der Waals surface area contributed by atoms with Gasteiger partial charge in [-0.05, 0) is 19.4 Å². The molecule has 1 heterocycles. The largest absolute Gasteiger partial charge is 0.491 e. The predicted molar refractivity (Wildman–Crippen MR) is 62.0 cm³/mol. The Balaban J connectivity index is 1.92. The third-order valence-electron chi connectivity index (χ3n) is 3.01. The highest BCUT2D eigenvalue weighted by Gasteiger charge is 2.22. The summed E-state index contributed by atoms with van der Waals surface area (Å²) in [6.07, 6.45) is 3.52. The zero-order chi connectivity index (χ0) is 11.5. The summed E-state index contributed by atoms with van der Waals surface area (Å²) >= 11 is 0. The van der Waals surface area contributed by atoms with E-state index in [2.05, 4.69) is 10.6 Å². The van der Waals surface area contributed by atoms with Crippen molar-refractivity contribution in [3.63, 3.8) is 0 Å². The summed E-state index contributed by atoms with van der Waals surface area (Å²) < 4.78 is 4.85. The number of piperidine rings is 1. The van der Waals surface area contributed by atoms with Crippen molar-refractivity contribution in [3.8, 4) is 5.75 Å². The van der Waals surface area contributed by atoms with Crippen molar-refractivity contribution in [2.24, 2.45) is 0 Å². The Bertz CT molecular complexity index is 428. The molecule has 0 bridgehead atoms. The maximum atomic E-state index is 11.2. The number of hydrogen-bond donors (Lipinski definition) is 2. The van der Waals surface area contributed by atoms with Crippen LogP contribution in [0.2, 0.25) is 0 Å². The van der Waals surface area contributed by atoms with Crippen LogP contribution in [0, 0.1) is 0 Å². The zero-order valence-electron chi connectivity index (χ0n) is 9.34. The van der Waals surface area contributed by atoms with Crippen molar-refractivity contribution in [3.05, 3.63) is 20.4 Å². The first-order chi connectivity index (χ1) is 7.74. The first kappa shape index (κ1) is 11.1. The van der Waals surface area contributed by atoms with Gasteiger partial charge in [-0.1, -0.05) is 6.42 Å². The van der Waals surface area contributed by atoms with Crippen LogP contribution < -0.4 is 26.2 Å². The van der Waals surface area contributed by atoms with Crippen LogP contribution in [0.1, 0.15) is 19.3 Å². The molecule has 1 aromatic rings. The van der Waals surface area contributed by atoms with E-state index in [0.717, 1.165) is 13.0 Å². The Hall–Kier alpha value is -1.36. The first-order valence-corrected chi connectivity index (χ1v) is 5.58. The first-order valence-electron chi connectivity index (χ1n) is 5.58. The van der Waals surface area contributed by atoms with E-state index in [1.165, 1.54) is 20.0 Å². The highest BCUT2D eigenvalue weighted by molar-refractivity contribution is 5.61. The lowest BCUT2D eigenvalue weighted by atomic mass is 10.0. The summed E-state index contributed by atoms with van der Waals surface area (Å²) in [5, 5.41) is 6.35. The van der Waals surface area contributed by atoms with Gasteiger partial charge in [0.25, 0.3) is 10.9 Å². The average molecular weight is 224 g/mol. The van der Waals surface area contributed by atoms with E-state index >= 15 is 0 Å². The highest BCUT2D eigenvalue weighted by atomic mass is 16.5. The molecule has 1 atom stereocenters. The number of rotatable bonds is 4. The molecule has 0 saturated carbocycles. The van der Waals surface area contributed by atoms with Crippen LogP contribution in [-0.2, 0) is 0 Å². The van der Waals surface area contributed by atoms with Crippen LogP contribution in [-0.4, -0.2) is 26.2 Å². The lowest BCUT2D eigenvalue weighted by Gasteiger charge is -2.24. The van der Waals surface area contributed by atoms with E-state index in [1.54, 1.807) is 0 Å². The van der Waals surface area contributed by atoms with E-state index in [0.29, 0.717) is 18.3 Å². The van der Waals surface area contributed by atoms with Crippen molar-refractivity contribution >= 4 is 5.69 Å². The molecule has 1 aliphatic heterocycles. The van der Waals surface area contributed by atoms with Gasteiger partial charge in [0.15, 0.2) is 5.75 Å². The SMILES string of the molecule is COc1c(NC[C@@H]2CCCCN2)c(=O)c1=O. The fourth-order valence-electron chi connectivity index (χ4n) is 2.05. The molecule has 1 aromatic carbocycles. The Morgan fingerprint density at radius 1 is 1.38 bits per heavy atom. The molecule has 0 amide bonds. The minimum Gasteiger partial charge on any atom is -0.491 e. The molecule has 0 aromatic heterocycles.